The second-order valence-corrected chi connectivity index (χ2v) is 7.51. The highest BCUT2D eigenvalue weighted by Gasteiger charge is 2.24. The topological polar surface area (TPSA) is 211 Å². The van der Waals surface area contributed by atoms with Crippen molar-refractivity contribution in [2.45, 2.75) is 37.8 Å². The fraction of sp³-hybridized carbons (Fsp3) is 0.333. The van der Waals surface area contributed by atoms with E-state index in [0.717, 1.165) is 12.1 Å². The van der Waals surface area contributed by atoms with Gasteiger partial charge in [0.2, 0.25) is 5.91 Å². The first-order valence-electron chi connectivity index (χ1n) is 10.3. The van der Waals surface area contributed by atoms with Crippen molar-refractivity contribution < 1.29 is 29.6 Å². The molecular weight excluding hydrogens is 450 g/mol. The van der Waals surface area contributed by atoms with Gasteiger partial charge in [-0.05, 0) is 43.0 Å². The second-order valence-electron chi connectivity index (χ2n) is 7.51. The molecule has 2 aromatic rings. The van der Waals surface area contributed by atoms with E-state index < -0.39 is 39.5 Å². The Labute approximate surface area is 193 Å². The van der Waals surface area contributed by atoms with Crippen molar-refractivity contribution in [3.8, 4) is 5.75 Å². The molecule has 0 radical (unpaired) electrons. The molecule has 0 aromatic heterocycles. The van der Waals surface area contributed by atoms with Crippen LogP contribution in [-0.2, 0) is 16.0 Å². The van der Waals surface area contributed by atoms with Crippen molar-refractivity contribution in [3.05, 3.63) is 68.3 Å². The third kappa shape index (κ3) is 7.70. The Morgan fingerprint density at radius 2 is 1.71 bits per heavy atom. The van der Waals surface area contributed by atoms with Crippen molar-refractivity contribution in [2.75, 3.05) is 11.9 Å². The van der Waals surface area contributed by atoms with Crippen molar-refractivity contribution in [1.29, 1.82) is 0 Å². The number of non-ortho nitro benzene ring substituents is 1. The van der Waals surface area contributed by atoms with Crippen molar-refractivity contribution >= 4 is 28.9 Å². The summed E-state index contributed by atoms with van der Waals surface area (Å²) in [5.41, 5.74) is 5.81. The maximum Gasteiger partial charge on any atom is 0.326 e. The van der Waals surface area contributed by atoms with Crippen LogP contribution in [0.5, 0.6) is 5.75 Å². The van der Waals surface area contributed by atoms with Crippen molar-refractivity contribution in [2.24, 2.45) is 5.73 Å². The summed E-state index contributed by atoms with van der Waals surface area (Å²) >= 11 is 0. The lowest BCUT2D eigenvalue weighted by atomic mass is 10.0. The van der Waals surface area contributed by atoms with E-state index in [0.29, 0.717) is 24.9 Å². The zero-order valence-corrected chi connectivity index (χ0v) is 18.0. The number of hydrogen-bond donors (Lipinski definition) is 5. The lowest BCUT2D eigenvalue weighted by Crippen LogP contribution is -2.49. The molecule has 182 valence electrons. The first kappa shape index (κ1) is 26.0. The number of hydrogen-bond acceptors (Lipinski definition) is 9. The lowest BCUT2D eigenvalue weighted by Gasteiger charge is -2.18. The number of nitrogens with two attached hydrogens (primary N) is 1. The predicted molar refractivity (Wildman–Crippen MR) is 121 cm³/mol. The molecule has 0 saturated heterocycles. The number of carbonyl (C=O) groups excluding carboxylic acids is 1. The van der Waals surface area contributed by atoms with E-state index >= 15 is 0 Å². The second kappa shape index (κ2) is 12.1. The summed E-state index contributed by atoms with van der Waals surface area (Å²) in [5, 5.41) is 45.9. The Bertz CT molecular complexity index is 1040. The van der Waals surface area contributed by atoms with Crippen LogP contribution in [0.3, 0.4) is 0 Å². The maximum absolute atomic E-state index is 12.3. The smallest absolute Gasteiger partial charge is 0.326 e. The number of anilines is 1. The average Bonchev–Trinajstić information content (AvgIpc) is 2.79. The van der Waals surface area contributed by atoms with Gasteiger partial charge in [-0.3, -0.25) is 25.0 Å². The Kier molecular flexibility index (Phi) is 9.26. The summed E-state index contributed by atoms with van der Waals surface area (Å²) in [6.07, 6.45) is 1.23. The number of phenols is 1. The third-order valence-corrected chi connectivity index (χ3v) is 4.97. The van der Waals surface area contributed by atoms with Crippen LogP contribution in [0.2, 0.25) is 0 Å². The van der Waals surface area contributed by atoms with Gasteiger partial charge in [0, 0.05) is 19.0 Å². The van der Waals surface area contributed by atoms with Gasteiger partial charge < -0.3 is 26.6 Å². The van der Waals surface area contributed by atoms with Crippen LogP contribution in [0, 0.1) is 20.2 Å². The number of carboxylic acid groups (broad SMARTS) is 1. The number of carboxylic acids is 1. The molecule has 6 N–H and O–H groups in total. The molecule has 2 aromatic carbocycles. The van der Waals surface area contributed by atoms with E-state index in [1.54, 1.807) is 12.1 Å². The summed E-state index contributed by atoms with van der Waals surface area (Å²) in [7, 11) is 0. The largest absolute Gasteiger partial charge is 0.508 e. The van der Waals surface area contributed by atoms with E-state index in [4.69, 9.17) is 5.73 Å². The number of nitro benzene ring substituents is 2. The molecule has 2 rings (SSSR count). The fourth-order valence-corrected chi connectivity index (χ4v) is 3.12. The SMILES string of the molecule is N[C@@H](CCCCNc1ccc([N+](=O)[O-])cc1[N+](=O)[O-])C(=O)N[C@H](Cc1ccc(O)cc1)C(=O)O. The molecule has 13 nitrogen and oxygen atoms in total. The van der Waals surface area contributed by atoms with Gasteiger partial charge in [-0.1, -0.05) is 12.1 Å². The average molecular weight is 475 g/mol. The van der Waals surface area contributed by atoms with E-state index in [1.807, 2.05) is 0 Å². The number of nitro groups is 2. The van der Waals surface area contributed by atoms with Crippen LogP contribution in [0.1, 0.15) is 24.8 Å². The van der Waals surface area contributed by atoms with Crippen molar-refractivity contribution in [3.63, 3.8) is 0 Å². The summed E-state index contributed by atoms with van der Waals surface area (Å²) in [5.74, 6) is -1.80. The molecule has 0 aliphatic heterocycles. The van der Waals surface area contributed by atoms with Crippen LogP contribution in [0.25, 0.3) is 0 Å². The summed E-state index contributed by atoms with van der Waals surface area (Å²) < 4.78 is 0. The number of carbonyl (C=O) groups is 2. The van der Waals surface area contributed by atoms with Gasteiger partial charge >= 0.3 is 5.97 Å². The number of phenolic OH excluding ortho intramolecular Hbond substituents is 1. The molecule has 0 heterocycles. The van der Waals surface area contributed by atoms with Crippen LogP contribution in [0.4, 0.5) is 17.1 Å². The number of nitrogens with one attached hydrogen (secondary N) is 2. The minimum atomic E-state index is -1.22. The fourth-order valence-electron chi connectivity index (χ4n) is 3.12. The van der Waals surface area contributed by atoms with Crippen LogP contribution in [-0.4, -0.2) is 50.6 Å². The minimum absolute atomic E-state index is 0.0199. The quantitative estimate of drug-likeness (QED) is 0.161. The maximum atomic E-state index is 12.3. The van der Waals surface area contributed by atoms with E-state index in [-0.39, 0.29) is 30.0 Å². The molecule has 0 bridgehead atoms. The molecule has 0 unspecified atom stereocenters. The van der Waals surface area contributed by atoms with E-state index in [9.17, 15) is 40.0 Å². The summed E-state index contributed by atoms with van der Waals surface area (Å²) in [4.78, 5) is 44.3. The Balaban J connectivity index is 1.81. The summed E-state index contributed by atoms with van der Waals surface area (Å²) in [6, 6.07) is 7.10. The van der Waals surface area contributed by atoms with Gasteiger partial charge in [-0.25, -0.2) is 4.79 Å². The first-order valence-corrected chi connectivity index (χ1v) is 10.3. The monoisotopic (exact) mass is 475 g/mol. The molecular formula is C21H25N5O8. The van der Waals surface area contributed by atoms with Gasteiger partial charge in [-0.15, -0.1) is 0 Å². The van der Waals surface area contributed by atoms with Gasteiger partial charge in [0.1, 0.15) is 17.5 Å². The zero-order valence-electron chi connectivity index (χ0n) is 18.0. The molecule has 0 spiro atoms. The number of aliphatic carboxylic acids is 1. The molecule has 0 aliphatic carbocycles. The van der Waals surface area contributed by atoms with Gasteiger partial charge in [0.05, 0.1) is 22.0 Å². The van der Waals surface area contributed by atoms with Crippen LogP contribution < -0.4 is 16.4 Å². The van der Waals surface area contributed by atoms with E-state index in [2.05, 4.69) is 10.6 Å². The number of nitrogens with zero attached hydrogens (tertiary/aromatic N) is 2. The highest BCUT2D eigenvalue weighted by atomic mass is 16.6. The standard InChI is InChI=1S/C21H25N5O8/c22-16(20(28)24-18(21(29)30)11-13-4-7-15(27)8-5-13)3-1-2-10-23-17-9-6-14(25(31)32)12-19(17)26(33)34/h4-9,12,16,18,23,27H,1-3,10-11,22H2,(H,24,28)(H,29,30)/t16-,18+/m0/s1. The first-order chi connectivity index (χ1) is 16.1. The molecule has 0 saturated carbocycles. The normalized spacial score (nSPS) is 12.4. The molecule has 0 fully saturated rings. The van der Waals surface area contributed by atoms with Gasteiger partial charge in [0.25, 0.3) is 11.4 Å². The Morgan fingerprint density at radius 1 is 1.03 bits per heavy atom. The minimum Gasteiger partial charge on any atom is -0.508 e. The van der Waals surface area contributed by atoms with E-state index in [1.165, 1.54) is 18.2 Å². The molecule has 0 aliphatic rings. The molecule has 1 amide bonds. The summed E-state index contributed by atoms with van der Waals surface area (Å²) in [6.45, 7) is 0.297. The highest BCUT2D eigenvalue weighted by molar-refractivity contribution is 5.86. The Hall–Kier alpha value is -4.26. The van der Waals surface area contributed by atoms with Gasteiger partial charge in [0.15, 0.2) is 0 Å². The van der Waals surface area contributed by atoms with Crippen LogP contribution in [0.15, 0.2) is 42.5 Å². The molecule has 2 atom stereocenters. The Morgan fingerprint density at radius 3 is 2.29 bits per heavy atom. The number of amides is 1. The number of rotatable bonds is 13. The molecule has 34 heavy (non-hydrogen) atoms. The molecule has 13 heteroatoms. The highest BCUT2D eigenvalue weighted by Crippen LogP contribution is 2.28. The number of unbranched alkanes of at least 4 members (excludes halogenated alkanes) is 1. The number of benzene rings is 2. The lowest BCUT2D eigenvalue weighted by molar-refractivity contribution is -0.393. The zero-order chi connectivity index (χ0) is 25.3. The third-order valence-electron chi connectivity index (χ3n) is 4.97. The van der Waals surface area contributed by atoms with Gasteiger partial charge in [-0.2, -0.15) is 0 Å². The van der Waals surface area contributed by atoms with Crippen molar-refractivity contribution in [1.82, 2.24) is 5.32 Å². The predicted octanol–water partition coefficient (Wildman–Crippen LogP) is 1.93. The van der Waals surface area contributed by atoms with Crippen LogP contribution >= 0.6 is 0 Å². The number of aromatic hydroxyl groups is 1.